The zero-order chi connectivity index (χ0) is 20.6. The monoisotopic (exact) mass is 409 g/mol. The van der Waals surface area contributed by atoms with Crippen molar-refractivity contribution in [1.82, 2.24) is 10.2 Å². The van der Waals surface area contributed by atoms with Crippen molar-refractivity contribution in [2.45, 2.75) is 31.9 Å². The quantitative estimate of drug-likeness (QED) is 0.410. The Kier molecular flexibility index (Phi) is 7.19. The van der Waals surface area contributed by atoms with Gasteiger partial charge in [-0.3, -0.25) is 9.59 Å². The second-order valence-electron chi connectivity index (χ2n) is 7.06. The van der Waals surface area contributed by atoms with Crippen molar-refractivity contribution in [2.75, 3.05) is 11.1 Å². The third-order valence-corrected chi connectivity index (χ3v) is 4.88. The van der Waals surface area contributed by atoms with Crippen LogP contribution in [-0.4, -0.2) is 27.6 Å². The van der Waals surface area contributed by atoms with Crippen LogP contribution in [0.2, 0.25) is 0 Å². The molecule has 1 heterocycles. The predicted octanol–water partition coefficient (Wildman–Crippen LogP) is 4.62. The summed E-state index contributed by atoms with van der Waals surface area (Å²) in [5, 5.41) is 11.2. The SMILES string of the molecule is CC(C)CC(=O)Nc1ccc(C(=O)CSc2nnc(Cc3ccccc3)o2)cc1. The summed E-state index contributed by atoms with van der Waals surface area (Å²) in [6.45, 7) is 3.99. The average molecular weight is 410 g/mol. The number of Topliss-reactive ketones (excluding diaryl/α,β-unsaturated/α-hetero) is 1. The maximum Gasteiger partial charge on any atom is 0.277 e. The van der Waals surface area contributed by atoms with E-state index in [1.807, 2.05) is 44.2 Å². The highest BCUT2D eigenvalue weighted by Crippen LogP contribution is 2.20. The van der Waals surface area contributed by atoms with E-state index in [1.165, 1.54) is 11.8 Å². The van der Waals surface area contributed by atoms with E-state index >= 15 is 0 Å². The van der Waals surface area contributed by atoms with Crippen LogP contribution in [0.5, 0.6) is 0 Å². The largest absolute Gasteiger partial charge is 0.416 e. The summed E-state index contributed by atoms with van der Waals surface area (Å²) in [5.74, 6) is 0.945. The molecule has 0 fully saturated rings. The van der Waals surface area contributed by atoms with E-state index < -0.39 is 0 Å². The Morgan fingerprint density at radius 2 is 1.76 bits per heavy atom. The smallest absolute Gasteiger partial charge is 0.277 e. The topological polar surface area (TPSA) is 85.1 Å². The number of hydrogen-bond donors (Lipinski definition) is 1. The predicted molar refractivity (Wildman–Crippen MR) is 113 cm³/mol. The van der Waals surface area contributed by atoms with Crippen molar-refractivity contribution >= 4 is 29.1 Å². The Morgan fingerprint density at radius 1 is 1.03 bits per heavy atom. The summed E-state index contributed by atoms with van der Waals surface area (Å²) in [7, 11) is 0. The molecule has 0 aliphatic carbocycles. The number of anilines is 1. The molecule has 0 radical (unpaired) electrons. The van der Waals surface area contributed by atoms with Gasteiger partial charge in [-0.05, 0) is 35.7 Å². The number of aromatic nitrogens is 2. The van der Waals surface area contributed by atoms with Crippen molar-refractivity contribution in [1.29, 1.82) is 0 Å². The minimum Gasteiger partial charge on any atom is -0.416 e. The molecule has 0 spiro atoms. The molecule has 1 amide bonds. The molecule has 7 heteroatoms. The van der Waals surface area contributed by atoms with Gasteiger partial charge in [-0.1, -0.05) is 55.9 Å². The van der Waals surface area contributed by atoms with Crippen molar-refractivity contribution in [3.05, 3.63) is 71.6 Å². The maximum absolute atomic E-state index is 12.4. The van der Waals surface area contributed by atoms with Gasteiger partial charge < -0.3 is 9.73 Å². The zero-order valence-corrected chi connectivity index (χ0v) is 17.2. The van der Waals surface area contributed by atoms with Crippen molar-refractivity contribution in [3.63, 3.8) is 0 Å². The van der Waals surface area contributed by atoms with Gasteiger partial charge in [0, 0.05) is 17.7 Å². The summed E-state index contributed by atoms with van der Waals surface area (Å²) < 4.78 is 5.61. The van der Waals surface area contributed by atoms with Crippen LogP contribution in [0.15, 0.2) is 64.2 Å². The molecule has 29 heavy (non-hydrogen) atoms. The maximum atomic E-state index is 12.4. The van der Waals surface area contributed by atoms with Gasteiger partial charge in [-0.25, -0.2) is 0 Å². The lowest BCUT2D eigenvalue weighted by Crippen LogP contribution is -2.14. The van der Waals surface area contributed by atoms with Crippen molar-refractivity contribution in [2.24, 2.45) is 5.92 Å². The summed E-state index contributed by atoms with van der Waals surface area (Å²) in [5.41, 5.74) is 2.34. The van der Waals surface area contributed by atoms with Crippen molar-refractivity contribution in [3.8, 4) is 0 Å². The molecule has 1 N–H and O–H groups in total. The molecule has 6 nitrogen and oxygen atoms in total. The normalized spacial score (nSPS) is 10.9. The van der Waals surface area contributed by atoms with E-state index in [1.54, 1.807) is 24.3 Å². The number of hydrogen-bond acceptors (Lipinski definition) is 6. The van der Waals surface area contributed by atoms with Crippen LogP contribution in [0.3, 0.4) is 0 Å². The first-order valence-corrected chi connectivity index (χ1v) is 10.4. The number of nitrogens with zero attached hydrogens (tertiary/aromatic N) is 2. The van der Waals surface area contributed by atoms with Crippen LogP contribution in [0, 0.1) is 5.92 Å². The first kappa shape index (κ1) is 20.8. The van der Waals surface area contributed by atoms with Gasteiger partial charge in [0.15, 0.2) is 5.78 Å². The highest BCUT2D eigenvalue weighted by atomic mass is 32.2. The molecule has 150 valence electrons. The second kappa shape index (κ2) is 10.0. The van der Waals surface area contributed by atoms with E-state index in [4.69, 9.17) is 4.42 Å². The lowest BCUT2D eigenvalue weighted by atomic mass is 10.1. The highest BCUT2D eigenvalue weighted by molar-refractivity contribution is 7.99. The molecule has 0 aliphatic rings. The molecule has 0 atom stereocenters. The molecule has 0 aliphatic heterocycles. The third kappa shape index (κ3) is 6.57. The number of carbonyl (C=O) groups excluding carboxylic acids is 2. The molecule has 0 bridgehead atoms. The minimum atomic E-state index is -0.0436. The summed E-state index contributed by atoms with van der Waals surface area (Å²) >= 11 is 1.22. The first-order chi connectivity index (χ1) is 14.0. The molecular weight excluding hydrogens is 386 g/mol. The van der Waals surface area contributed by atoms with E-state index in [2.05, 4.69) is 15.5 Å². The van der Waals surface area contributed by atoms with Crippen LogP contribution in [0.1, 0.15) is 42.1 Å². The molecule has 0 saturated heterocycles. The zero-order valence-electron chi connectivity index (χ0n) is 16.4. The minimum absolute atomic E-state index is 0.0302. The molecular formula is C22H23N3O3S. The lowest BCUT2D eigenvalue weighted by Gasteiger charge is -2.07. The number of carbonyl (C=O) groups is 2. The molecule has 1 aromatic heterocycles. The second-order valence-corrected chi connectivity index (χ2v) is 7.99. The molecule has 3 rings (SSSR count). The molecule has 0 saturated carbocycles. The van der Waals surface area contributed by atoms with Gasteiger partial charge in [0.25, 0.3) is 5.22 Å². The molecule has 3 aromatic rings. The molecule has 0 unspecified atom stereocenters. The fraction of sp³-hybridized carbons (Fsp3) is 0.273. The number of nitrogens with one attached hydrogen (secondary N) is 1. The Labute approximate surface area is 174 Å². The van der Waals surface area contributed by atoms with Crippen LogP contribution < -0.4 is 5.32 Å². The van der Waals surface area contributed by atoms with Crippen LogP contribution >= 0.6 is 11.8 Å². The average Bonchev–Trinajstić information content (AvgIpc) is 3.14. The number of ketones is 1. The standard InChI is InChI=1S/C22H23N3O3S/c1-15(2)12-20(27)23-18-10-8-17(9-11-18)19(26)14-29-22-25-24-21(28-22)13-16-6-4-3-5-7-16/h3-11,15H,12-14H2,1-2H3,(H,23,27). The Bertz CT molecular complexity index is 953. The number of amides is 1. The number of rotatable bonds is 9. The fourth-order valence-corrected chi connectivity index (χ4v) is 3.35. The van der Waals surface area contributed by atoms with Gasteiger partial charge in [0.05, 0.1) is 12.2 Å². The Balaban J connectivity index is 1.50. The van der Waals surface area contributed by atoms with Gasteiger partial charge in [-0.2, -0.15) is 0 Å². The van der Waals surface area contributed by atoms with E-state index in [9.17, 15) is 9.59 Å². The van der Waals surface area contributed by atoms with Crippen LogP contribution in [0.4, 0.5) is 5.69 Å². The Hall–Kier alpha value is -2.93. The lowest BCUT2D eigenvalue weighted by molar-refractivity contribution is -0.116. The number of benzene rings is 2. The van der Waals surface area contributed by atoms with Gasteiger partial charge >= 0.3 is 0 Å². The third-order valence-electron chi connectivity index (χ3n) is 4.06. The van der Waals surface area contributed by atoms with E-state index in [0.29, 0.717) is 41.1 Å². The van der Waals surface area contributed by atoms with Crippen molar-refractivity contribution < 1.29 is 14.0 Å². The summed E-state index contributed by atoms with van der Waals surface area (Å²) in [6.07, 6.45) is 1.03. The fourth-order valence-electron chi connectivity index (χ4n) is 2.67. The molecule has 2 aromatic carbocycles. The highest BCUT2D eigenvalue weighted by Gasteiger charge is 2.12. The van der Waals surface area contributed by atoms with Gasteiger partial charge in [-0.15, -0.1) is 10.2 Å². The van der Waals surface area contributed by atoms with Gasteiger partial charge in [0.1, 0.15) is 0 Å². The van der Waals surface area contributed by atoms with E-state index in [0.717, 1.165) is 5.56 Å². The summed E-state index contributed by atoms with van der Waals surface area (Å²) in [6, 6.07) is 16.8. The Morgan fingerprint density at radius 3 is 2.45 bits per heavy atom. The van der Waals surface area contributed by atoms with Gasteiger partial charge in [0.2, 0.25) is 11.8 Å². The van der Waals surface area contributed by atoms with E-state index in [-0.39, 0.29) is 17.4 Å². The summed E-state index contributed by atoms with van der Waals surface area (Å²) in [4.78, 5) is 24.2. The van der Waals surface area contributed by atoms with Crippen LogP contribution in [0.25, 0.3) is 0 Å². The number of thioether (sulfide) groups is 1. The van der Waals surface area contributed by atoms with Crippen LogP contribution in [-0.2, 0) is 11.2 Å². The first-order valence-electron chi connectivity index (χ1n) is 9.42.